The van der Waals surface area contributed by atoms with Crippen LogP contribution in [0.3, 0.4) is 0 Å². The molecule has 0 saturated carbocycles. The number of aromatic nitrogens is 1. The van der Waals surface area contributed by atoms with Gasteiger partial charge in [-0.15, -0.1) is 0 Å². The number of alkyl halides is 2. The average molecular weight is 307 g/mol. The highest BCUT2D eigenvalue weighted by Crippen LogP contribution is 2.25. The highest BCUT2D eigenvalue weighted by Gasteiger charge is 2.18. The van der Waals surface area contributed by atoms with Crippen LogP contribution in [0, 0.1) is 9.39 Å². The molecule has 0 aromatic carbocycles. The van der Waals surface area contributed by atoms with Gasteiger partial charge in [-0.3, -0.25) is 0 Å². The standard InChI is InChI=1S/C6H2ClF3IN/c7-3-1-2(11)4(8)5(12-3)6(9)10/h1,6H. The van der Waals surface area contributed by atoms with Crippen LogP contribution < -0.4 is 0 Å². The lowest BCUT2D eigenvalue weighted by molar-refractivity contribution is 0.140. The molecule has 0 unspecified atom stereocenters. The zero-order valence-corrected chi connectivity index (χ0v) is 8.41. The summed E-state index contributed by atoms with van der Waals surface area (Å²) < 4.78 is 36.9. The van der Waals surface area contributed by atoms with E-state index >= 15 is 0 Å². The minimum Gasteiger partial charge on any atom is -0.232 e. The molecule has 0 amide bonds. The second kappa shape index (κ2) is 3.78. The molecule has 1 heterocycles. The van der Waals surface area contributed by atoms with Crippen LogP contribution in [0.4, 0.5) is 13.2 Å². The third-order valence-electron chi connectivity index (χ3n) is 1.11. The summed E-state index contributed by atoms with van der Waals surface area (Å²) in [5, 5.41) is -0.129. The van der Waals surface area contributed by atoms with Crippen LogP contribution in [0.25, 0.3) is 0 Å². The lowest BCUT2D eigenvalue weighted by Crippen LogP contribution is -1.98. The summed E-state index contributed by atoms with van der Waals surface area (Å²) in [5.41, 5.74) is -0.896. The van der Waals surface area contributed by atoms with E-state index in [4.69, 9.17) is 11.6 Å². The molecular weight excluding hydrogens is 305 g/mol. The van der Waals surface area contributed by atoms with Crippen molar-refractivity contribution >= 4 is 34.2 Å². The number of halogens is 5. The lowest BCUT2D eigenvalue weighted by atomic mass is 10.3. The van der Waals surface area contributed by atoms with Crippen LogP contribution in [-0.2, 0) is 0 Å². The largest absolute Gasteiger partial charge is 0.283 e. The first-order valence-electron chi connectivity index (χ1n) is 2.82. The van der Waals surface area contributed by atoms with Crippen molar-refractivity contribution in [2.75, 3.05) is 0 Å². The molecule has 0 atom stereocenters. The zero-order chi connectivity index (χ0) is 9.30. The summed E-state index contributed by atoms with van der Waals surface area (Å²) >= 11 is 6.93. The first-order chi connectivity index (χ1) is 5.52. The van der Waals surface area contributed by atoms with Gasteiger partial charge in [-0.25, -0.2) is 18.2 Å². The molecule has 1 aromatic rings. The molecule has 66 valence electrons. The molecule has 1 nitrogen and oxygen atoms in total. The molecule has 0 fully saturated rings. The van der Waals surface area contributed by atoms with Crippen molar-refractivity contribution in [2.45, 2.75) is 6.43 Å². The van der Waals surface area contributed by atoms with E-state index in [0.29, 0.717) is 0 Å². The predicted molar refractivity (Wildman–Crippen MR) is 46.9 cm³/mol. The van der Waals surface area contributed by atoms with E-state index in [2.05, 4.69) is 4.98 Å². The predicted octanol–water partition coefficient (Wildman–Crippen LogP) is 3.42. The molecule has 12 heavy (non-hydrogen) atoms. The minimum absolute atomic E-state index is 0.0444. The van der Waals surface area contributed by atoms with Gasteiger partial charge in [0, 0.05) is 0 Å². The van der Waals surface area contributed by atoms with Crippen molar-refractivity contribution in [3.05, 3.63) is 26.3 Å². The Balaban J connectivity index is 3.28. The van der Waals surface area contributed by atoms with Gasteiger partial charge in [0.1, 0.15) is 10.8 Å². The van der Waals surface area contributed by atoms with E-state index in [1.165, 1.54) is 6.07 Å². The Morgan fingerprint density at radius 3 is 2.58 bits per heavy atom. The van der Waals surface area contributed by atoms with E-state index in [1.807, 2.05) is 0 Å². The fraction of sp³-hybridized carbons (Fsp3) is 0.167. The minimum atomic E-state index is -2.93. The Morgan fingerprint density at radius 2 is 2.08 bits per heavy atom. The summed E-state index contributed by atoms with van der Waals surface area (Å²) in [5.74, 6) is -1.00. The normalized spacial score (nSPS) is 10.8. The van der Waals surface area contributed by atoms with Crippen LogP contribution >= 0.6 is 34.2 Å². The Morgan fingerprint density at radius 1 is 1.50 bits per heavy atom. The van der Waals surface area contributed by atoms with Gasteiger partial charge >= 0.3 is 0 Å². The Hall–Kier alpha value is -0.0400. The van der Waals surface area contributed by atoms with Crippen LogP contribution in [0.15, 0.2) is 6.07 Å². The van der Waals surface area contributed by atoms with Crippen LogP contribution in [-0.4, -0.2) is 4.98 Å². The molecule has 0 aliphatic carbocycles. The highest BCUT2D eigenvalue weighted by atomic mass is 127. The first-order valence-corrected chi connectivity index (χ1v) is 4.27. The molecule has 1 aromatic heterocycles. The van der Waals surface area contributed by atoms with Crippen molar-refractivity contribution in [3.63, 3.8) is 0 Å². The van der Waals surface area contributed by atoms with Crippen molar-refractivity contribution in [1.82, 2.24) is 4.98 Å². The van der Waals surface area contributed by atoms with Gasteiger partial charge < -0.3 is 0 Å². The number of hydrogen-bond acceptors (Lipinski definition) is 1. The van der Waals surface area contributed by atoms with Gasteiger partial charge in [-0.2, -0.15) is 0 Å². The molecule has 0 bridgehead atoms. The van der Waals surface area contributed by atoms with Crippen molar-refractivity contribution < 1.29 is 13.2 Å². The average Bonchev–Trinajstić information content (AvgIpc) is 1.96. The molecule has 0 radical (unpaired) electrons. The maximum atomic E-state index is 12.8. The molecule has 1 rings (SSSR count). The first kappa shape index (κ1) is 10.0. The molecule has 0 aliphatic rings. The van der Waals surface area contributed by atoms with Gasteiger partial charge in [-0.05, 0) is 28.7 Å². The fourth-order valence-corrected chi connectivity index (χ4v) is 1.59. The van der Waals surface area contributed by atoms with E-state index in [0.717, 1.165) is 0 Å². The monoisotopic (exact) mass is 307 g/mol. The van der Waals surface area contributed by atoms with Gasteiger partial charge in [0.15, 0.2) is 5.82 Å². The number of hydrogen-bond donors (Lipinski definition) is 0. The topological polar surface area (TPSA) is 12.9 Å². The third-order valence-corrected chi connectivity index (χ3v) is 2.09. The van der Waals surface area contributed by atoms with Crippen LogP contribution in [0.5, 0.6) is 0 Å². The number of nitrogens with zero attached hydrogens (tertiary/aromatic N) is 1. The zero-order valence-electron chi connectivity index (χ0n) is 5.49. The lowest BCUT2D eigenvalue weighted by Gasteiger charge is -2.02. The Bertz CT molecular complexity index is 305. The van der Waals surface area contributed by atoms with E-state index in [-0.39, 0.29) is 8.72 Å². The van der Waals surface area contributed by atoms with E-state index < -0.39 is 17.9 Å². The summed E-state index contributed by atoms with van der Waals surface area (Å²) in [6, 6.07) is 1.18. The SMILES string of the molecule is Fc1c(I)cc(Cl)nc1C(F)F. The van der Waals surface area contributed by atoms with E-state index in [1.54, 1.807) is 22.6 Å². The molecule has 6 heteroatoms. The number of pyridine rings is 1. The van der Waals surface area contributed by atoms with Gasteiger partial charge in [0.25, 0.3) is 6.43 Å². The molecule has 0 N–H and O–H groups in total. The van der Waals surface area contributed by atoms with Crippen molar-refractivity contribution in [3.8, 4) is 0 Å². The highest BCUT2D eigenvalue weighted by molar-refractivity contribution is 14.1. The van der Waals surface area contributed by atoms with Crippen LogP contribution in [0.1, 0.15) is 12.1 Å². The van der Waals surface area contributed by atoms with Gasteiger partial charge in [-0.1, -0.05) is 11.6 Å². The molecule has 0 aliphatic heterocycles. The fourth-order valence-electron chi connectivity index (χ4n) is 0.631. The summed E-state index contributed by atoms with van der Waals surface area (Å²) in [6.45, 7) is 0. The van der Waals surface area contributed by atoms with Gasteiger partial charge in [0.05, 0.1) is 3.57 Å². The molecular formula is C6H2ClF3IN. The second-order valence-corrected chi connectivity index (χ2v) is 3.48. The summed E-state index contributed by atoms with van der Waals surface area (Å²) in [6.07, 6.45) is -2.93. The Labute approximate surface area is 85.1 Å². The molecule has 0 saturated heterocycles. The molecule has 0 spiro atoms. The third kappa shape index (κ3) is 2.01. The van der Waals surface area contributed by atoms with Crippen molar-refractivity contribution in [1.29, 1.82) is 0 Å². The maximum absolute atomic E-state index is 12.8. The Kier molecular flexibility index (Phi) is 3.16. The van der Waals surface area contributed by atoms with Crippen molar-refractivity contribution in [2.24, 2.45) is 0 Å². The quantitative estimate of drug-likeness (QED) is 0.572. The second-order valence-electron chi connectivity index (χ2n) is 1.93. The maximum Gasteiger partial charge on any atom is 0.283 e. The van der Waals surface area contributed by atoms with Crippen LogP contribution in [0.2, 0.25) is 5.15 Å². The number of rotatable bonds is 1. The van der Waals surface area contributed by atoms with Gasteiger partial charge in [0.2, 0.25) is 0 Å². The summed E-state index contributed by atoms with van der Waals surface area (Å²) in [7, 11) is 0. The summed E-state index contributed by atoms with van der Waals surface area (Å²) in [4.78, 5) is 3.17. The smallest absolute Gasteiger partial charge is 0.232 e. The van der Waals surface area contributed by atoms with E-state index in [9.17, 15) is 13.2 Å².